The molecule has 120 valence electrons. The number of rotatable bonds is 4. The molecule has 22 heavy (non-hydrogen) atoms. The zero-order valence-corrected chi connectivity index (χ0v) is 13.5. The maximum absolute atomic E-state index is 10.3. The number of hydrogen-bond donors (Lipinski definition) is 1. The summed E-state index contributed by atoms with van der Waals surface area (Å²) >= 11 is 6.38. The summed E-state index contributed by atoms with van der Waals surface area (Å²) in [5.41, 5.74) is 1.11. The van der Waals surface area contributed by atoms with E-state index in [9.17, 15) is 5.11 Å². The van der Waals surface area contributed by atoms with Gasteiger partial charge in [-0.1, -0.05) is 41.9 Å². The van der Waals surface area contributed by atoms with Crippen LogP contribution in [0.1, 0.15) is 5.56 Å². The molecule has 0 unspecified atom stereocenters. The first-order valence-corrected chi connectivity index (χ1v) is 8.23. The zero-order chi connectivity index (χ0) is 15.4. The van der Waals surface area contributed by atoms with E-state index in [1.54, 1.807) is 0 Å². The summed E-state index contributed by atoms with van der Waals surface area (Å²) in [5, 5.41) is 11.1. The van der Waals surface area contributed by atoms with Crippen molar-refractivity contribution in [2.75, 3.05) is 45.9 Å². The molecule has 1 aromatic rings. The molecule has 0 aliphatic carbocycles. The largest absolute Gasteiger partial charge is 0.390 e. The Kier molecular flexibility index (Phi) is 5.50. The number of β-amino-alcohol motifs (C(OH)–C–C–N with tert-alkyl or cyclic N) is 1. The number of nitrogens with zero attached hydrogens (tertiary/aromatic N) is 2. The first kappa shape index (κ1) is 16.0. The van der Waals surface area contributed by atoms with Gasteiger partial charge in [0.05, 0.1) is 19.3 Å². The third-order valence-electron chi connectivity index (χ3n) is 4.35. The van der Waals surface area contributed by atoms with Crippen LogP contribution in [0.2, 0.25) is 0 Å². The Morgan fingerprint density at radius 1 is 1.23 bits per heavy atom. The van der Waals surface area contributed by atoms with Gasteiger partial charge in [-0.25, -0.2) is 0 Å². The molecule has 0 amide bonds. The van der Waals surface area contributed by atoms with E-state index in [0.29, 0.717) is 13.1 Å². The van der Waals surface area contributed by atoms with E-state index in [1.807, 2.05) is 36.4 Å². The molecule has 3 rings (SSSR count). The average molecular weight is 323 g/mol. The van der Waals surface area contributed by atoms with Gasteiger partial charge in [-0.05, 0) is 11.6 Å². The minimum Gasteiger partial charge on any atom is -0.390 e. The van der Waals surface area contributed by atoms with Gasteiger partial charge in [0, 0.05) is 43.8 Å². The van der Waals surface area contributed by atoms with Crippen LogP contribution in [0.3, 0.4) is 0 Å². The second kappa shape index (κ2) is 7.57. The lowest BCUT2D eigenvalue weighted by molar-refractivity contribution is -0.00614. The van der Waals surface area contributed by atoms with E-state index < -0.39 is 0 Å². The molecule has 4 nitrogen and oxygen atoms in total. The standard InChI is InChI=1S/C17H23ClN2O2/c18-15(10-14-4-2-1-3-5-14)11-19-12-16(17(21)13-19)20-6-8-22-9-7-20/h1-5,10,16-17,21H,6-9,11-13H2/b15-10-/t16-,17-/m0/s1. The highest BCUT2D eigenvalue weighted by Gasteiger charge is 2.35. The fourth-order valence-electron chi connectivity index (χ4n) is 3.23. The lowest BCUT2D eigenvalue weighted by Crippen LogP contribution is -2.48. The molecule has 5 heteroatoms. The van der Waals surface area contributed by atoms with Crippen molar-refractivity contribution in [3.05, 3.63) is 40.9 Å². The summed E-state index contributed by atoms with van der Waals surface area (Å²) in [6, 6.07) is 10.3. The number of morpholine rings is 1. The van der Waals surface area contributed by atoms with E-state index in [4.69, 9.17) is 16.3 Å². The highest BCUT2D eigenvalue weighted by Crippen LogP contribution is 2.20. The van der Waals surface area contributed by atoms with Gasteiger partial charge in [-0.2, -0.15) is 0 Å². The molecular weight excluding hydrogens is 300 g/mol. The topological polar surface area (TPSA) is 35.9 Å². The van der Waals surface area contributed by atoms with Crippen LogP contribution in [-0.4, -0.2) is 73.0 Å². The molecule has 0 aromatic heterocycles. The second-order valence-electron chi connectivity index (χ2n) is 5.98. The maximum atomic E-state index is 10.3. The Morgan fingerprint density at radius 3 is 2.68 bits per heavy atom. The summed E-state index contributed by atoms with van der Waals surface area (Å²) in [6.45, 7) is 5.57. The smallest absolute Gasteiger partial charge is 0.0834 e. The molecule has 2 saturated heterocycles. The van der Waals surface area contributed by atoms with Crippen LogP contribution < -0.4 is 0 Å². The minimum atomic E-state index is -0.306. The predicted octanol–water partition coefficient (Wildman–Crippen LogP) is 1.64. The fourth-order valence-corrected chi connectivity index (χ4v) is 3.53. The Morgan fingerprint density at radius 2 is 1.95 bits per heavy atom. The molecule has 2 fully saturated rings. The number of hydrogen-bond acceptors (Lipinski definition) is 4. The molecule has 0 saturated carbocycles. The van der Waals surface area contributed by atoms with E-state index in [1.165, 1.54) is 0 Å². The van der Waals surface area contributed by atoms with Crippen LogP contribution in [0.5, 0.6) is 0 Å². The zero-order valence-electron chi connectivity index (χ0n) is 12.7. The predicted molar refractivity (Wildman–Crippen MR) is 88.9 cm³/mol. The average Bonchev–Trinajstić information content (AvgIpc) is 2.89. The van der Waals surface area contributed by atoms with Crippen molar-refractivity contribution >= 4 is 17.7 Å². The molecule has 2 aliphatic heterocycles. The number of aliphatic hydroxyl groups is 1. The first-order chi connectivity index (χ1) is 10.7. The Bertz CT molecular complexity index is 503. The van der Waals surface area contributed by atoms with Crippen molar-refractivity contribution in [1.82, 2.24) is 9.80 Å². The first-order valence-electron chi connectivity index (χ1n) is 7.86. The Balaban J connectivity index is 1.56. The summed E-state index contributed by atoms with van der Waals surface area (Å²) < 4.78 is 5.39. The van der Waals surface area contributed by atoms with Crippen molar-refractivity contribution in [2.45, 2.75) is 12.1 Å². The molecule has 0 spiro atoms. The van der Waals surface area contributed by atoms with Crippen molar-refractivity contribution < 1.29 is 9.84 Å². The van der Waals surface area contributed by atoms with E-state index in [2.05, 4.69) is 9.80 Å². The second-order valence-corrected chi connectivity index (χ2v) is 6.46. The lowest BCUT2D eigenvalue weighted by Gasteiger charge is -2.33. The molecule has 0 bridgehead atoms. The molecule has 1 N–H and O–H groups in total. The fraction of sp³-hybridized carbons (Fsp3) is 0.529. The van der Waals surface area contributed by atoms with Gasteiger partial charge in [-0.15, -0.1) is 0 Å². The lowest BCUT2D eigenvalue weighted by atomic mass is 10.1. The molecule has 2 aliphatic rings. The summed E-state index contributed by atoms with van der Waals surface area (Å²) in [4.78, 5) is 4.57. The highest BCUT2D eigenvalue weighted by atomic mass is 35.5. The molecular formula is C17H23ClN2O2. The van der Waals surface area contributed by atoms with Crippen molar-refractivity contribution in [2.24, 2.45) is 0 Å². The van der Waals surface area contributed by atoms with Gasteiger partial charge in [0.15, 0.2) is 0 Å². The maximum Gasteiger partial charge on any atom is 0.0834 e. The molecule has 2 heterocycles. The summed E-state index contributed by atoms with van der Waals surface area (Å²) in [7, 11) is 0. The van der Waals surface area contributed by atoms with Crippen molar-refractivity contribution in [3.63, 3.8) is 0 Å². The van der Waals surface area contributed by atoms with Gasteiger partial charge in [0.2, 0.25) is 0 Å². The van der Waals surface area contributed by atoms with E-state index >= 15 is 0 Å². The summed E-state index contributed by atoms with van der Waals surface area (Å²) in [6.07, 6.45) is 1.69. The van der Waals surface area contributed by atoms with Crippen LogP contribution >= 0.6 is 11.6 Å². The van der Waals surface area contributed by atoms with Crippen molar-refractivity contribution in [1.29, 1.82) is 0 Å². The normalized spacial score (nSPS) is 28.2. The van der Waals surface area contributed by atoms with Gasteiger partial charge >= 0.3 is 0 Å². The van der Waals surface area contributed by atoms with Crippen LogP contribution in [0.25, 0.3) is 6.08 Å². The quantitative estimate of drug-likeness (QED) is 0.914. The van der Waals surface area contributed by atoms with Gasteiger partial charge < -0.3 is 9.84 Å². The molecule has 1 aromatic carbocycles. The Labute approximate surface area is 136 Å². The molecule has 0 radical (unpaired) electrons. The highest BCUT2D eigenvalue weighted by molar-refractivity contribution is 6.31. The number of halogens is 1. The Hall–Kier alpha value is -0.910. The summed E-state index contributed by atoms with van der Waals surface area (Å²) in [5.74, 6) is 0. The number of benzene rings is 1. The van der Waals surface area contributed by atoms with Crippen LogP contribution in [-0.2, 0) is 4.74 Å². The van der Waals surface area contributed by atoms with Crippen LogP contribution in [0.4, 0.5) is 0 Å². The number of likely N-dealkylation sites (tertiary alicyclic amines) is 1. The monoisotopic (exact) mass is 322 g/mol. The van der Waals surface area contributed by atoms with Crippen LogP contribution in [0.15, 0.2) is 35.4 Å². The number of aliphatic hydroxyl groups excluding tert-OH is 1. The van der Waals surface area contributed by atoms with E-state index in [0.717, 1.165) is 43.4 Å². The van der Waals surface area contributed by atoms with Gasteiger partial charge in [0.1, 0.15) is 0 Å². The minimum absolute atomic E-state index is 0.199. The van der Waals surface area contributed by atoms with Gasteiger partial charge in [-0.3, -0.25) is 9.80 Å². The number of ether oxygens (including phenoxy) is 1. The van der Waals surface area contributed by atoms with E-state index in [-0.39, 0.29) is 12.1 Å². The van der Waals surface area contributed by atoms with Crippen LogP contribution in [0, 0.1) is 0 Å². The third kappa shape index (κ3) is 4.09. The van der Waals surface area contributed by atoms with Gasteiger partial charge in [0.25, 0.3) is 0 Å². The molecule has 2 atom stereocenters. The third-order valence-corrected chi connectivity index (χ3v) is 4.58. The SMILES string of the molecule is O[C@H]1CN(C/C(Cl)=C/c2ccccc2)C[C@@H]1N1CCOCC1. The van der Waals surface area contributed by atoms with Crippen molar-refractivity contribution in [3.8, 4) is 0 Å².